The maximum Gasteiger partial charge on any atom is 0.326 e. The summed E-state index contributed by atoms with van der Waals surface area (Å²) < 4.78 is 0. The first-order valence-corrected chi connectivity index (χ1v) is 11.0. The largest absolute Gasteiger partial charge is 0.480 e. The second kappa shape index (κ2) is 13.5. The van der Waals surface area contributed by atoms with Gasteiger partial charge in [0.2, 0.25) is 17.7 Å². The lowest BCUT2D eigenvalue weighted by Gasteiger charge is -2.24. The van der Waals surface area contributed by atoms with Crippen molar-refractivity contribution in [2.75, 3.05) is 6.54 Å². The molecule has 0 radical (unpaired) electrons. The van der Waals surface area contributed by atoms with Crippen molar-refractivity contribution in [1.29, 1.82) is 0 Å². The highest BCUT2D eigenvalue weighted by molar-refractivity contribution is 5.92. The molecule has 0 fully saturated rings. The molecular formula is C23H36N4O5. The van der Waals surface area contributed by atoms with Gasteiger partial charge in [0.1, 0.15) is 12.1 Å². The van der Waals surface area contributed by atoms with Gasteiger partial charge >= 0.3 is 5.97 Å². The van der Waals surface area contributed by atoms with Gasteiger partial charge in [-0.25, -0.2) is 4.79 Å². The molecule has 5 unspecified atom stereocenters. The van der Waals surface area contributed by atoms with Crippen LogP contribution in [0.3, 0.4) is 0 Å². The van der Waals surface area contributed by atoms with Crippen molar-refractivity contribution in [2.45, 2.75) is 65.1 Å². The Balaban J connectivity index is 2.87. The third-order valence-electron chi connectivity index (χ3n) is 5.69. The van der Waals surface area contributed by atoms with Crippen LogP contribution in [0.1, 0.15) is 46.1 Å². The predicted molar refractivity (Wildman–Crippen MR) is 122 cm³/mol. The van der Waals surface area contributed by atoms with E-state index >= 15 is 0 Å². The number of carboxylic acids is 1. The first kappa shape index (κ1) is 27.1. The Hall–Kier alpha value is -2.94. The van der Waals surface area contributed by atoms with Crippen molar-refractivity contribution in [3.8, 4) is 0 Å². The summed E-state index contributed by atoms with van der Waals surface area (Å²) in [7, 11) is 0. The second-order valence-electron chi connectivity index (χ2n) is 8.15. The van der Waals surface area contributed by atoms with Crippen LogP contribution < -0.4 is 21.7 Å². The van der Waals surface area contributed by atoms with Gasteiger partial charge in [-0.2, -0.15) is 0 Å². The van der Waals surface area contributed by atoms with Gasteiger partial charge in [-0.15, -0.1) is 0 Å². The zero-order valence-electron chi connectivity index (χ0n) is 19.3. The summed E-state index contributed by atoms with van der Waals surface area (Å²) in [6.45, 7) is 7.00. The maximum atomic E-state index is 12.9. The fraction of sp³-hybridized carbons (Fsp3) is 0.565. The molecule has 0 aliphatic heterocycles. The standard InChI is InChI=1S/C23H36N4O5/c1-5-14(3)19(24)22(30)25-13-18(28)26-17(12-16-10-8-7-9-11-16)21(29)27-20(23(31)32)15(4)6-2/h7-11,14-15,17,19-20H,5-6,12-13,24H2,1-4H3,(H,25,30)(H,26,28)(H,27,29)(H,31,32). The van der Waals surface area contributed by atoms with Gasteiger partial charge in [0, 0.05) is 6.42 Å². The van der Waals surface area contributed by atoms with Crippen LogP contribution in [0.15, 0.2) is 30.3 Å². The van der Waals surface area contributed by atoms with Crippen LogP contribution in [0.25, 0.3) is 0 Å². The minimum absolute atomic E-state index is 0.0387. The van der Waals surface area contributed by atoms with Crippen molar-refractivity contribution in [3.05, 3.63) is 35.9 Å². The van der Waals surface area contributed by atoms with Crippen molar-refractivity contribution >= 4 is 23.7 Å². The van der Waals surface area contributed by atoms with Gasteiger partial charge in [0.25, 0.3) is 0 Å². The molecular weight excluding hydrogens is 412 g/mol. The summed E-state index contributed by atoms with van der Waals surface area (Å²) in [5.74, 6) is -3.07. The van der Waals surface area contributed by atoms with E-state index in [0.717, 1.165) is 12.0 Å². The lowest BCUT2D eigenvalue weighted by atomic mass is 9.98. The zero-order valence-corrected chi connectivity index (χ0v) is 19.3. The number of nitrogens with one attached hydrogen (secondary N) is 3. The number of hydrogen-bond donors (Lipinski definition) is 5. The number of amides is 3. The van der Waals surface area contributed by atoms with Gasteiger partial charge in [-0.1, -0.05) is 70.9 Å². The molecule has 1 rings (SSSR count). The van der Waals surface area contributed by atoms with Gasteiger partial charge in [0.05, 0.1) is 12.6 Å². The molecule has 1 aromatic carbocycles. The normalized spacial score (nSPS) is 15.5. The summed E-state index contributed by atoms with van der Waals surface area (Å²) in [6.07, 6.45) is 1.46. The molecule has 9 heteroatoms. The van der Waals surface area contributed by atoms with Crippen molar-refractivity contribution in [1.82, 2.24) is 16.0 Å². The Bertz CT molecular complexity index is 771. The van der Waals surface area contributed by atoms with E-state index in [-0.39, 0.29) is 24.8 Å². The number of benzene rings is 1. The van der Waals surface area contributed by atoms with Crippen molar-refractivity contribution in [3.63, 3.8) is 0 Å². The minimum Gasteiger partial charge on any atom is -0.480 e. The van der Waals surface area contributed by atoms with Crippen LogP contribution >= 0.6 is 0 Å². The molecule has 32 heavy (non-hydrogen) atoms. The van der Waals surface area contributed by atoms with Crippen molar-refractivity contribution in [2.24, 2.45) is 17.6 Å². The van der Waals surface area contributed by atoms with E-state index in [9.17, 15) is 24.3 Å². The fourth-order valence-corrected chi connectivity index (χ4v) is 3.04. The van der Waals surface area contributed by atoms with Crippen LogP contribution in [0, 0.1) is 11.8 Å². The number of rotatable bonds is 13. The van der Waals surface area contributed by atoms with E-state index in [1.807, 2.05) is 51.1 Å². The average molecular weight is 449 g/mol. The van der Waals surface area contributed by atoms with E-state index in [0.29, 0.717) is 6.42 Å². The third-order valence-corrected chi connectivity index (χ3v) is 5.69. The first-order chi connectivity index (χ1) is 15.1. The van der Waals surface area contributed by atoms with Gasteiger partial charge in [0.15, 0.2) is 0 Å². The van der Waals surface area contributed by atoms with Gasteiger partial charge in [-0.05, 0) is 17.4 Å². The molecule has 0 spiro atoms. The average Bonchev–Trinajstić information content (AvgIpc) is 2.79. The van der Waals surface area contributed by atoms with E-state index in [4.69, 9.17) is 5.73 Å². The van der Waals surface area contributed by atoms with Crippen LogP contribution in [0.2, 0.25) is 0 Å². The summed E-state index contributed by atoms with van der Waals surface area (Å²) in [4.78, 5) is 49.1. The highest BCUT2D eigenvalue weighted by Crippen LogP contribution is 2.10. The van der Waals surface area contributed by atoms with E-state index in [1.54, 1.807) is 6.92 Å². The van der Waals surface area contributed by atoms with E-state index in [1.165, 1.54) is 0 Å². The summed E-state index contributed by atoms with van der Waals surface area (Å²) in [6, 6.07) is 6.25. The Morgan fingerprint density at radius 3 is 2.06 bits per heavy atom. The van der Waals surface area contributed by atoms with Crippen LogP contribution in [0.5, 0.6) is 0 Å². The fourth-order valence-electron chi connectivity index (χ4n) is 3.04. The molecule has 1 aromatic rings. The molecule has 0 heterocycles. The smallest absolute Gasteiger partial charge is 0.326 e. The maximum absolute atomic E-state index is 12.9. The molecule has 178 valence electrons. The lowest BCUT2D eigenvalue weighted by molar-refractivity contribution is -0.143. The van der Waals surface area contributed by atoms with E-state index < -0.39 is 41.8 Å². The third kappa shape index (κ3) is 8.66. The molecule has 0 aromatic heterocycles. The highest BCUT2D eigenvalue weighted by atomic mass is 16.4. The number of carbonyl (C=O) groups excluding carboxylic acids is 3. The Morgan fingerprint density at radius 1 is 0.938 bits per heavy atom. The molecule has 0 aliphatic rings. The van der Waals surface area contributed by atoms with Crippen LogP contribution in [-0.4, -0.2) is 53.5 Å². The molecule has 0 aliphatic carbocycles. The number of carboxylic acid groups (broad SMARTS) is 1. The number of hydrogen-bond acceptors (Lipinski definition) is 5. The molecule has 0 saturated heterocycles. The highest BCUT2D eigenvalue weighted by Gasteiger charge is 2.30. The number of nitrogens with two attached hydrogens (primary N) is 1. The Morgan fingerprint density at radius 2 is 1.53 bits per heavy atom. The lowest BCUT2D eigenvalue weighted by Crippen LogP contribution is -2.55. The molecule has 0 saturated carbocycles. The quantitative estimate of drug-likeness (QED) is 0.301. The van der Waals surface area contributed by atoms with E-state index in [2.05, 4.69) is 16.0 Å². The Labute approximate surface area is 189 Å². The zero-order chi connectivity index (χ0) is 24.3. The van der Waals surface area contributed by atoms with Gasteiger partial charge < -0.3 is 26.8 Å². The van der Waals surface area contributed by atoms with Crippen LogP contribution in [0.4, 0.5) is 0 Å². The topological polar surface area (TPSA) is 151 Å². The monoisotopic (exact) mass is 448 g/mol. The summed E-state index contributed by atoms with van der Waals surface area (Å²) in [5, 5.41) is 17.1. The summed E-state index contributed by atoms with van der Waals surface area (Å²) >= 11 is 0. The Kier molecular flexibility index (Phi) is 11.4. The first-order valence-electron chi connectivity index (χ1n) is 11.0. The minimum atomic E-state index is -1.14. The van der Waals surface area contributed by atoms with Gasteiger partial charge in [-0.3, -0.25) is 14.4 Å². The molecule has 3 amide bonds. The van der Waals surface area contributed by atoms with Crippen molar-refractivity contribution < 1.29 is 24.3 Å². The SMILES string of the molecule is CCC(C)C(N)C(=O)NCC(=O)NC(Cc1ccccc1)C(=O)NC(C(=O)O)C(C)CC. The molecule has 5 atom stereocenters. The predicted octanol–water partition coefficient (Wildman–Crippen LogP) is 0.819. The molecule has 6 N–H and O–H groups in total. The molecule has 0 bridgehead atoms. The summed E-state index contributed by atoms with van der Waals surface area (Å²) in [5.41, 5.74) is 6.67. The second-order valence-corrected chi connectivity index (χ2v) is 8.15. The van der Waals surface area contributed by atoms with Crippen LogP contribution in [-0.2, 0) is 25.6 Å². The number of carbonyl (C=O) groups is 4. The molecule has 9 nitrogen and oxygen atoms in total. The number of aliphatic carboxylic acids is 1.